The highest BCUT2D eigenvalue weighted by Crippen LogP contribution is 1.95. The van der Waals surface area contributed by atoms with Crippen LogP contribution in [0.4, 0.5) is 0 Å². The van der Waals surface area contributed by atoms with Crippen LogP contribution in [0.3, 0.4) is 0 Å². The van der Waals surface area contributed by atoms with E-state index < -0.39 is 5.97 Å². The molecule has 0 fully saturated rings. The third kappa shape index (κ3) is 7.36. The van der Waals surface area contributed by atoms with Crippen LogP contribution in [-0.4, -0.2) is 54.6 Å². The third-order valence-electron chi connectivity index (χ3n) is 2.00. The Balaban J connectivity index is 3.93. The number of ketones is 1. The molecule has 0 aliphatic heterocycles. The first-order valence-corrected chi connectivity index (χ1v) is 5.64. The summed E-state index contributed by atoms with van der Waals surface area (Å²) in [6.07, 6.45) is 0.728. The first-order valence-electron chi connectivity index (χ1n) is 5.64. The van der Waals surface area contributed by atoms with Crippen LogP contribution >= 0.6 is 0 Å². The van der Waals surface area contributed by atoms with E-state index in [1.54, 1.807) is 6.92 Å². The molecule has 0 amide bonds. The molecule has 0 unspecified atom stereocenters. The van der Waals surface area contributed by atoms with Gasteiger partial charge in [0.1, 0.15) is 6.42 Å². The summed E-state index contributed by atoms with van der Waals surface area (Å²) in [7, 11) is 0. The highest BCUT2D eigenvalue weighted by atomic mass is 16.5. The highest BCUT2D eigenvalue weighted by Gasteiger charge is 2.13. The number of Topliss-reactive ketones (excluding diaryl/α,β-unsaturated/α-hetero) is 1. The van der Waals surface area contributed by atoms with Crippen LogP contribution < -0.4 is 0 Å². The summed E-state index contributed by atoms with van der Waals surface area (Å²) < 4.78 is 4.69. The Kier molecular flexibility index (Phi) is 8.75. The monoisotopic (exact) mass is 231 g/mol. The molecule has 0 heterocycles. The van der Waals surface area contributed by atoms with Gasteiger partial charge in [0.15, 0.2) is 5.78 Å². The first kappa shape index (κ1) is 15.1. The van der Waals surface area contributed by atoms with Crippen molar-refractivity contribution in [1.29, 1.82) is 0 Å². The van der Waals surface area contributed by atoms with Crippen molar-refractivity contribution < 1.29 is 19.4 Å². The molecule has 0 rings (SSSR count). The van der Waals surface area contributed by atoms with Gasteiger partial charge in [0.05, 0.1) is 19.8 Å². The lowest BCUT2D eigenvalue weighted by atomic mass is 10.2. The first-order chi connectivity index (χ1) is 7.63. The molecule has 0 aliphatic rings. The zero-order chi connectivity index (χ0) is 12.4. The molecular weight excluding hydrogens is 210 g/mol. The Morgan fingerprint density at radius 1 is 1.25 bits per heavy atom. The Labute approximate surface area is 96.4 Å². The molecule has 0 saturated heterocycles. The predicted octanol–water partition coefficient (Wildman–Crippen LogP) is 0.213. The summed E-state index contributed by atoms with van der Waals surface area (Å²) in [6.45, 7) is 5.43. The maximum absolute atomic E-state index is 11.5. The summed E-state index contributed by atoms with van der Waals surface area (Å²) in [5.41, 5.74) is 0. The van der Waals surface area contributed by atoms with Crippen molar-refractivity contribution >= 4 is 11.8 Å². The van der Waals surface area contributed by atoms with Crippen LogP contribution in [0.25, 0.3) is 0 Å². The van der Waals surface area contributed by atoms with Gasteiger partial charge in [-0.25, -0.2) is 0 Å². The van der Waals surface area contributed by atoms with Crippen LogP contribution in [0.15, 0.2) is 0 Å². The van der Waals surface area contributed by atoms with Crippen LogP contribution in [0.2, 0.25) is 0 Å². The van der Waals surface area contributed by atoms with Gasteiger partial charge in [0.2, 0.25) is 0 Å². The van der Waals surface area contributed by atoms with Gasteiger partial charge >= 0.3 is 5.97 Å². The van der Waals surface area contributed by atoms with Gasteiger partial charge in [-0.05, 0) is 19.9 Å². The Morgan fingerprint density at radius 2 is 1.94 bits per heavy atom. The van der Waals surface area contributed by atoms with E-state index in [1.165, 1.54) is 0 Å². The Hall–Kier alpha value is -0.940. The van der Waals surface area contributed by atoms with Gasteiger partial charge in [0, 0.05) is 6.54 Å². The minimum absolute atomic E-state index is 0.0205. The SMILES string of the molecule is CCCN(CCO)CC(=O)CC(=O)OCC. The molecule has 0 bridgehead atoms. The number of ether oxygens (including phenoxy) is 1. The molecule has 0 radical (unpaired) electrons. The number of carbonyl (C=O) groups excluding carboxylic acids is 2. The highest BCUT2D eigenvalue weighted by molar-refractivity contribution is 5.96. The van der Waals surface area contributed by atoms with E-state index in [9.17, 15) is 9.59 Å². The average molecular weight is 231 g/mol. The lowest BCUT2D eigenvalue weighted by molar-refractivity contribution is -0.145. The molecule has 16 heavy (non-hydrogen) atoms. The van der Waals surface area contributed by atoms with E-state index >= 15 is 0 Å². The lowest BCUT2D eigenvalue weighted by Crippen LogP contribution is -2.34. The maximum Gasteiger partial charge on any atom is 0.313 e. The maximum atomic E-state index is 11.5. The van der Waals surface area contributed by atoms with Gasteiger partial charge in [-0.15, -0.1) is 0 Å². The second kappa shape index (κ2) is 9.30. The van der Waals surface area contributed by atoms with Crippen molar-refractivity contribution in [3.05, 3.63) is 0 Å². The van der Waals surface area contributed by atoms with Crippen molar-refractivity contribution in [3.63, 3.8) is 0 Å². The van der Waals surface area contributed by atoms with Gasteiger partial charge in [-0.1, -0.05) is 6.92 Å². The second-order valence-corrected chi connectivity index (χ2v) is 3.52. The molecule has 0 aliphatic carbocycles. The molecule has 0 saturated carbocycles. The van der Waals surface area contributed by atoms with E-state index in [0.717, 1.165) is 13.0 Å². The predicted molar refractivity (Wildman–Crippen MR) is 60.1 cm³/mol. The smallest absolute Gasteiger partial charge is 0.313 e. The molecule has 0 aromatic rings. The zero-order valence-corrected chi connectivity index (χ0v) is 10.1. The molecule has 0 spiro atoms. The normalized spacial score (nSPS) is 10.5. The van der Waals surface area contributed by atoms with Gasteiger partial charge < -0.3 is 9.84 Å². The molecule has 0 atom stereocenters. The summed E-state index contributed by atoms with van der Waals surface area (Å²) in [5, 5.41) is 8.80. The summed E-state index contributed by atoms with van der Waals surface area (Å²) in [5.74, 6) is -0.645. The quantitative estimate of drug-likeness (QED) is 0.454. The number of carbonyl (C=O) groups is 2. The standard InChI is InChI=1S/C11H21NO4/c1-3-5-12(6-7-13)9-10(14)8-11(15)16-4-2/h13H,3-9H2,1-2H3. The molecular formula is C11H21NO4. The lowest BCUT2D eigenvalue weighted by Gasteiger charge is -2.19. The van der Waals surface area contributed by atoms with Crippen molar-refractivity contribution in [2.45, 2.75) is 26.7 Å². The van der Waals surface area contributed by atoms with E-state index in [1.807, 2.05) is 11.8 Å². The van der Waals surface area contributed by atoms with E-state index in [-0.39, 0.29) is 25.4 Å². The minimum Gasteiger partial charge on any atom is -0.466 e. The Bertz CT molecular complexity index is 212. The fourth-order valence-electron chi connectivity index (χ4n) is 1.41. The summed E-state index contributed by atoms with van der Waals surface area (Å²) in [4.78, 5) is 24.3. The van der Waals surface area contributed by atoms with E-state index in [2.05, 4.69) is 4.74 Å². The van der Waals surface area contributed by atoms with Crippen LogP contribution in [0.1, 0.15) is 26.7 Å². The molecule has 1 N–H and O–H groups in total. The summed E-state index contributed by atoms with van der Waals surface area (Å²) >= 11 is 0. The van der Waals surface area contributed by atoms with Crippen LogP contribution in [0.5, 0.6) is 0 Å². The number of nitrogens with zero attached hydrogens (tertiary/aromatic N) is 1. The van der Waals surface area contributed by atoms with Gasteiger partial charge in [-0.2, -0.15) is 0 Å². The van der Waals surface area contributed by atoms with Gasteiger partial charge in [-0.3, -0.25) is 14.5 Å². The fraction of sp³-hybridized carbons (Fsp3) is 0.818. The topological polar surface area (TPSA) is 66.8 Å². The molecule has 94 valence electrons. The number of hydrogen-bond donors (Lipinski definition) is 1. The summed E-state index contributed by atoms with van der Waals surface area (Å²) in [6, 6.07) is 0. The van der Waals surface area contributed by atoms with Crippen LogP contribution in [-0.2, 0) is 14.3 Å². The van der Waals surface area contributed by atoms with Crippen molar-refractivity contribution in [2.75, 3.05) is 32.8 Å². The van der Waals surface area contributed by atoms with Crippen molar-refractivity contribution in [3.8, 4) is 0 Å². The number of esters is 1. The number of aliphatic hydroxyl groups excluding tert-OH is 1. The molecule has 0 aromatic heterocycles. The van der Waals surface area contributed by atoms with Crippen LogP contribution in [0, 0.1) is 0 Å². The van der Waals surface area contributed by atoms with Gasteiger partial charge in [0.25, 0.3) is 0 Å². The number of rotatable bonds is 9. The Morgan fingerprint density at radius 3 is 2.44 bits per heavy atom. The minimum atomic E-state index is -0.479. The third-order valence-corrected chi connectivity index (χ3v) is 2.00. The molecule has 5 nitrogen and oxygen atoms in total. The molecule has 0 aromatic carbocycles. The fourth-order valence-corrected chi connectivity index (χ4v) is 1.41. The number of hydrogen-bond acceptors (Lipinski definition) is 5. The van der Waals surface area contributed by atoms with Crippen molar-refractivity contribution in [1.82, 2.24) is 4.90 Å². The largest absolute Gasteiger partial charge is 0.466 e. The second-order valence-electron chi connectivity index (χ2n) is 3.52. The zero-order valence-electron chi connectivity index (χ0n) is 10.1. The van der Waals surface area contributed by atoms with Crippen molar-refractivity contribution in [2.24, 2.45) is 0 Å². The van der Waals surface area contributed by atoms with E-state index in [4.69, 9.17) is 5.11 Å². The average Bonchev–Trinajstić information content (AvgIpc) is 2.18. The molecule has 5 heteroatoms. The number of aliphatic hydroxyl groups is 1. The van der Waals surface area contributed by atoms with E-state index in [0.29, 0.717) is 13.2 Å².